The van der Waals surface area contributed by atoms with E-state index in [0.29, 0.717) is 19.6 Å². The van der Waals surface area contributed by atoms with E-state index in [0.717, 1.165) is 24.5 Å². The van der Waals surface area contributed by atoms with E-state index in [1.165, 1.54) is 10.8 Å². The summed E-state index contributed by atoms with van der Waals surface area (Å²) in [5.41, 5.74) is -1.05. The molecule has 1 atom stereocenters. The Balaban J connectivity index is 1.67. The number of fused-ring (bicyclic) bond motifs is 1. The molecule has 6 nitrogen and oxygen atoms in total. The molecule has 2 aromatic carbocycles. The maximum atomic E-state index is 16.0. The molecule has 0 amide bonds. The second-order valence-corrected chi connectivity index (χ2v) is 8.82. The van der Waals surface area contributed by atoms with Crippen LogP contribution in [0.15, 0.2) is 47.4 Å². The number of aromatic nitrogens is 1. The monoisotopic (exact) mass is 439 g/mol. The highest BCUT2D eigenvalue weighted by Gasteiger charge is 2.41. The van der Waals surface area contributed by atoms with Gasteiger partial charge in [-0.3, -0.25) is 4.79 Å². The first-order chi connectivity index (χ1) is 15.3. The second kappa shape index (κ2) is 7.41. The van der Waals surface area contributed by atoms with Crippen LogP contribution in [0, 0.1) is 11.6 Å². The van der Waals surface area contributed by atoms with Gasteiger partial charge in [-0.1, -0.05) is 30.3 Å². The van der Waals surface area contributed by atoms with Gasteiger partial charge in [0.05, 0.1) is 10.9 Å². The van der Waals surface area contributed by atoms with Gasteiger partial charge in [0.2, 0.25) is 5.43 Å². The van der Waals surface area contributed by atoms with E-state index in [9.17, 15) is 14.7 Å². The van der Waals surface area contributed by atoms with Gasteiger partial charge in [-0.15, -0.1) is 0 Å². The topological polar surface area (TPSA) is 74.6 Å². The van der Waals surface area contributed by atoms with Crippen LogP contribution in [0.5, 0.6) is 0 Å². The smallest absolute Gasteiger partial charge is 0.341 e. The number of benzene rings is 2. The molecule has 2 N–H and O–H groups in total. The van der Waals surface area contributed by atoms with Crippen molar-refractivity contribution in [2.45, 2.75) is 31.3 Å². The number of rotatable bonds is 4. The SMILES string of the molecule is CC1(n2cc(C(=O)O)c(=O)c3cc(F)c(N4CCNC(c5ccccc5)C4)c(F)c32)CC1. The number of halogens is 2. The Morgan fingerprint density at radius 3 is 2.59 bits per heavy atom. The summed E-state index contributed by atoms with van der Waals surface area (Å²) >= 11 is 0. The molecule has 1 unspecified atom stereocenters. The molecule has 2 heterocycles. The summed E-state index contributed by atoms with van der Waals surface area (Å²) in [6.45, 7) is 3.18. The zero-order chi connectivity index (χ0) is 22.6. The van der Waals surface area contributed by atoms with Crippen LogP contribution in [0.3, 0.4) is 0 Å². The Kier molecular flexibility index (Phi) is 4.78. The Labute approximate surface area is 183 Å². The molecule has 5 rings (SSSR count). The van der Waals surface area contributed by atoms with Gasteiger partial charge >= 0.3 is 5.97 Å². The zero-order valence-corrected chi connectivity index (χ0v) is 17.6. The van der Waals surface area contributed by atoms with Gasteiger partial charge in [0.15, 0.2) is 5.82 Å². The third-order valence-electron chi connectivity index (χ3n) is 6.64. The fraction of sp³-hybridized carbons (Fsp3) is 0.333. The summed E-state index contributed by atoms with van der Waals surface area (Å²) < 4.78 is 32.7. The number of carbonyl (C=O) groups is 1. The molecular formula is C24H23F2N3O3. The number of carboxylic acid groups (broad SMARTS) is 1. The number of hydrogen-bond acceptors (Lipinski definition) is 4. The Bertz CT molecular complexity index is 1290. The van der Waals surface area contributed by atoms with Crippen molar-refractivity contribution in [1.29, 1.82) is 0 Å². The number of nitrogens with one attached hydrogen (secondary N) is 1. The van der Waals surface area contributed by atoms with Gasteiger partial charge < -0.3 is 19.9 Å². The lowest BCUT2D eigenvalue weighted by Crippen LogP contribution is -2.46. The molecule has 0 spiro atoms. The van der Waals surface area contributed by atoms with Crippen LogP contribution in [-0.2, 0) is 5.54 Å². The number of aromatic carboxylic acids is 1. The van der Waals surface area contributed by atoms with Gasteiger partial charge in [-0.05, 0) is 31.4 Å². The molecule has 166 valence electrons. The van der Waals surface area contributed by atoms with Crippen molar-refractivity contribution < 1.29 is 18.7 Å². The normalized spacial score (nSPS) is 19.8. The van der Waals surface area contributed by atoms with Crippen LogP contribution in [-0.4, -0.2) is 35.3 Å². The lowest BCUT2D eigenvalue weighted by molar-refractivity contribution is 0.0694. The molecule has 1 aliphatic heterocycles. The van der Waals surface area contributed by atoms with E-state index >= 15 is 8.78 Å². The van der Waals surface area contributed by atoms with E-state index in [1.54, 1.807) is 4.90 Å². The predicted octanol–water partition coefficient (Wildman–Crippen LogP) is 3.64. The van der Waals surface area contributed by atoms with Crippen molar-refractivity contribution in [3.05, 3.63) is 75.6 Å². The summed E-state index contributed by atoms with van der Waals surface area (Å²) in [5, 5.41) is 12.6. The first-order valence-corrected chi connectivity index (χ1v) is 10.6. The van der Waals surface area contributed by atoms with Gasteiger partial charge in [0, 0.05) is 37.4 Å². The summed E-state index contributed by atoms with van der Waals surface area (Å²) in [4.78, 5) is 26.0. The Morgan fingerprint density at radius 2 is 1.94 bits per heavy atom. The van der Waals surface area contributed by atoms with E-state index in [4.69, 9.17) is 0 Å². The minimum atomic E-state index is -1.41. The van der Waals surface area contributed by atoms with Crippen molar-refractivity contribution in [3.8, 4) is 0 Å². The fourth-order valence-electron chi connectivity index (χ4n) is 4.56. The molecule has 3 aromatic rings. The molecule has 1 aromatic heterocycles. The van der Waals surface area contributed by atoms with E-state index in [2.05, 4.69) is 5.32 Å². The van der Waals surface area contributed by atoms with Crippen molar-refractivity contribution in [3.63, 3.8) is 0 Å². The van der Waals surface area contributed by atoms with Crippen molar-refractivity contribution in [1.82, 2.24) is 9.88 Å². The van der Waals surface area contributed by atoms with Gasteiger partial charge in [-0.25, -0.2) is 13.6 Å². The van der Waals surface area contributed by atoms with Gasteiger partial charge in [-0.2, -0.15) is 0 Å². The standard InChI is InChI=1S/C24H23F2N3O3/c1-24(7-8-24)29-12-16(23(31)32)22(30)15-11-17(25)21(19(26)20(15)29)28-10-9-27-18(13-28)14-5-3-2-4-6-14/h2-6,11-12,18,27H,7-10,13H2,1H3,(H,31,32). The zero-order valence-electron chi connectivity index (χ0n) is 17.6. The highest BCUT2D eigenvalue weighted by Crippen LogP contribution is 2.45. The van der Waals surface area contributed by atoms with Crippen LogP contribution in [0.4, 0.5) is 14.5 Å². The minimum Gasteiger partial charge on any atom is -0.477 e. The fourth-order valence-corrected chi connectivity index (χ4v) is 4.56. The Hall–Kier alpha value is -3.26. The molecule has 8 heteroatoms. The van der Waals surface area contributed by atoms with Gasteiger partial charge in [0.25, 0.3) is 0 Å². The minimum absolute atomic E-state index is 0.0359. The average Bonchev–Trinajstić information content (AvgIpc) is 3.53. The first-order valence-electron chi connectivity index (χ1n) is 10.6. The van der Waals surface area contributed by atoms with Crippen molar-refractivity contribution in [2.24, 2.45) is 0 Å². The molecular weight excluding hydrogens is 416 g/mol. The number of nitrogens with zero attached hydrogens (tertiary/aromatic N) is 2. The Morgan fingerprint density at radius 1 is 1.22 bits per heavy atom. The summed E-state index contributed by atoms with van der Waals surface area (Å²) in [6, 6.07) is 10.6. The molecule has 2 aliphatic rings. The van der Waals surface area contributed by atoms with Crippen molar-refractivity contribution >= 4 is 22.6 Å². The average molecular weight is 439 g/mol. The lowest BCUT2D eigenvalue weighted by atomic mass is 10.0. The summed E-state index contributed by atoms with van der Waals surface area (Å²) in [6.07, 6.45) is 2.65. The number of carboxylic acids is 1. The number of pyridine rings is 1. The lowest BCUT2D eigenvalue weighted by Gasteiger charge is -2.36. The summed E-state index contributed by atoms with van der Waals surface area (Å²) in [7, 11) is 0. The molecule has 1 saturated carbocycles. The van der Waals surface area contributed by atoms with Crippen LogP contribution in [0.1, 0.15) is 41.7 Å². The third-order valence-corrected chi connectivity index (χ3v) is 6.64. The predicted molar refractivity (Wildman–Crippen MR) is 117 cm³/mol. The molecule has 32 heavy (non-hydrogen) atoms. The highest BCUT2D eigenvalue weighted by atomic mass is 19.1. The second-order valence-electron chi connectivity index (χ2n) is 8.82. The van der Waals surface area contributed by atoms with E-state index in [-0.39, 0.29) is 22.6 Å². The molecule has 1 saturated heterocycles. The van der Waals surface area contributed by atoms with Crippen LogP contribution < -0.4 is 15.6 Å². The quantitative estimate of drug-likeness (QED) is 0.649. The molecule has 2 fully saturated rings. The van der Waals surface area contributed by atoms with Crippen LogP contribution in [0.2, 0.25) is 0 Å². The largest absolute Gasteiger partial charge is 0.477 e. The van der Waals surface area contributed by atoms with E-state index < -0.39 is 34.1 Å². The van der Waals surface area contributed by atoms with Crippen molar-refractivity contribution in [2.75, 3.05) is 24.5 Å². The molecule has 0 radical (unpaired) electrons. The van der Waals surface area contributed by atoms with Crippen LogP contribution in [0.25, 0.3) is 10.9 Å². The van der Waals surface area contributed by atoms with E-state index in [1.807, 2.05) is 37.3 Å². The number of hydrogen-bond donors (Lipinski definition) is 2. The first kappa shape index (κ1) is 20.6. The van der Waals surface area contributed by atoms with Crippen LogP contribution >= 0.6 is 0 Å². The number of piperazine rings is 1. The maximum Gasteiger partial charge on any atom is 0.341 e. The highest BCUT2D eigenvalue weighted by molar-refractivity contribution is 5.94. The molecule has 0 bridgehead atoms. The summed E-state index contributed by atoms with van der Waals surface area (Å²) in [5.74, 6) is -3.10. The number of anilines is 1. The maximum absolute atomic E-state index is 16.0. The van der Waals surface area contributed by atoms with Gasteiger partial charge in [0.1, 0.15) is 17.1 Å². The molecule has 1 aliphatic carbocycles. The third kappa shape index (κ3) is 3.26.